The second-order valence-corrected chi connectivity index (χ2v) is 7.45. The van der Waals surface area contributed by atoms with Crippen LogP contribution in [0.4, 0.5) is 0 Å². The van der Waals surface area contributed by atoms with Crippen molar-refractivity contribution in [2.24, 2.45) is 0 Å². The first-order valence-electron chi connectivity index (χ1n) is 8.70. The van der Waals surface area contributed by atoms with Crippen LogP contribution in [-0.4, -0.2) is 33.5 Å². The molecule has 1 amide bonds. The van der Waals surface area contributed by atoms with E-state index in [0.29, 0.717) is 24.4 Å². The molecule has 0 aliphatic carbocycles. The summed E-state index contributed by atoms with van der Waals surface area (Å²) in [5.74, 6) is 0.573. The summed E-state index contributed by atoms with van der Waals surface area (Å²) in [4.78, 5) is 29.9. The molecule has 0 N–H and O–H groups in total. The third-order valence-corrected chi connectivity index (χ3v) is 4.20. The Hall–Kier alpha value is -2.70. The number of aromatic nitrogens is 2. The summed E-state index contributed by atoms with van der Waals surface area (Å²) in [6.45, 7) is 7.24. The summed E-state index contributed by atoms with van der Waals surface area (Å²) in [6.07, 6.45) is 1.53. The van der Waals surface area contributed by atoms with Crippen LogP contribution >= 0.6 is 0 Å². The highest BCUT2D eigenvalue weighted by molar-refractivity contribution is 5.89. The van der Waals surface area contributed by atoms with Crippen molar-refractivity contribution in [3.63, 3.8) is 0 Å². The lowest BCUT2D eigenvalue weighted by Crippen LogP contribution is -2.23. The fourth-order valence-corrected chi connectivity index (χ4v) is 2.67. The Bertz CT molecular complexity index is 790. The molecule has 7 nitrogen and oxygen atoms in total. The molecule has 1 fully saturated rings. The third-order valence-electron chi connectivity index (χ3n) is 4.20. The highest BCUT2D eigenvalue weighted by Crippen LogP contribution is 2.19. The van der Waals surface area contributed by atoms with Gasteiger partial charge in [0.05, 0.1) is 5.56 Å². The van der Waals surface area contributed by atoms with Crippen LogP contribution in [0.15, 0.2) is 28.8 Å². The summed E-state index contributed by atoms with van der Waals surface area (Å²) in [6, 6.07) is 7.08. The molecule has 1 aromatic heterocycles. The van der Waals surface area contributed by atoms with E-state index in [1.807, 2.05) is 37.8 Å². The Labute approximate surface area is 152 Å². The second-order valence-electron chi connectivity index (χ2n) is 7.45. The smallest absolute Gasteiger partial charge is 0.338 e. The number of carbonyl (C=O) groups is 2. The summed E-state index contributed by atoms with van der Waals surface area (Å²) in [5.41, 5.74) is 1.21. The molecule has 0 unspecified atom stereocenters. The van der Waals surface area contributed by atoms with Crippen LogP contribution in [0.25, 0.3) is 0 Å². The topological polar surface area (TPSA) is 85.5 Å². The number of hydrogen-bond acceptors (Lipinski definition) is 6. The van der Waals surface area contributed by atoms with Crippen molar-refractivity contribution in [3.05, 3.63) is 47.1 Å². The number of carbonyl (C=O) groups excluding carboxylic acids is 2. The van der Waals surface area contributed by atoms with Crippen molar-refractivity contribution < 1.29 is 18.8 Å². The second kappa shape index (κ2) is 7.27. The van der Waals surface area contributed by atoms with Gasteiger partial charge in [-0.1, -0.05) is 38.1 Å². The van der Waals surface area contributed by atoms with Crippen LogP contribution in [0.1, 0.15) is 61.2 Å². The normalized spacial score (nSPS) is 14.7. The highest BCUT2D eigenvalue weighted by Gasteiger charge is 2.22. The van der Waals surface area contributed by atoms with Crippen molar-refractivity contribution in [2.45, 2.75) is 52.2 Å². The Morgan fingerprint density at radius 3 is 2.58 bits per heavy atom. The molecule has 7 heteroatoms. The number of hydrogen-bond donors (Lipinski definition) is 0. The van der Waals surface area contributed by atoms with E-state index >= 15 is 0 Å². The van der Waals surface area contributed by atoms with E-state index in [4.69, 9.17) is 9.26 Å². The molecular formula is C19H23N3O4. The van der Waals surface area contributed by atoms with E-state index in [1.54, 1.807) is 12.1 Å². The molecule has 3 rings (SSSR count). The molecule has 1 aromatic carbocycles. The molecule has 2 aromatic rings. The zero-order valence-electron chi connectivity index (χ0n) is 15.3. The van der Waals surface area contributed by atoms with Gasteiger partial charge < -0.3 is 14.2 Å². The van der Waals surface area contributed by atoms with Gasteiger partial charge in [-0.25, -0.2) is 4.79 Å². The van der Waals surface area contributed by atoms with Gasteiger partial charge in [0.25, 0.3) is 5.89 Å². The van der Waals surface area contributed by atoms with Crippen LogP contribution in [0.2, 0.25) is 0 Å². The monoisotopic (exact) mass is 357 g/mol. The maximum Gasteiger partial charge on any atom is 0.338 e. The summed E-state index contributed by atoms with van der Waals surface area (Å²) < 4.78 is 10.3. The van der Waals surface area contributed by atoms with Gasteiger partial charge in [0.15, 0.2) is 12.4 Å². The van der Waals surface area contributed by atoms with Gasteiger partial charge >= 0.3 is 5.97 Å². The van der Waals surface area contributed by atoms with Gasteiger partial charge in [-0.15, -0.1) is 0 Å². The largest absolute Gasteiger partial charge is 0.452 e. The number of ether oxygens (including phenoxy) is 1. The first kappa shape index (κ1) is 18.1. The van der Waals surface area contributed by atoms with E-state index in [1.165, 1.54) is 0 Å². The number of esters is 1. The van der Waals surface area contributed by atoms with Gasteiger partial charge in [0, 0.05) is 24.9 Å². The van der Waals surface area contributed by atoms with Crippen LogP contribution in [0, 0.1) is 0 Å². The predicted molar refractivity (Wildman–Crippen MR) is 93.2 cm³/mol. The van der Waals surface area contributed by atoms with Crippen LogP contribution in [0.3, 0.4) is 0 Å². The molecule has 0 saturated carbocycles. The molecule has 2 heterocycles. The lowest BCUT2D eigenvalue weighted by molar-refractivity contribution is -0.128. The number of rotatable bonds is 5. The SMILES string of the molecule is CC(C)(C)c1noc(COC(=O)c2ccc(CN3CCCC3=O)cc2)n1. The van der Waals surface area contributed by atoms with E-state index in [2.05, 4.69) is 10.1 Å². The number of nitrogens with zero attached hydrogens (tertiary/aromatic N) is 3. The first-order valence-corrected chi connectivity index (χ1v) is 8.70. The highest BCUT2D eigenvalue weighted by atomic mass is 16.6. The van der Waals surface area contributed by atoms with E-state index < -0.39 is 5.97 Å². The van der Waals surface area contributed by atoms with Crippen molar-refractivity contribution in [1.29, 1.82) is 0 Å². The quantitative estimate of drug-likeness (QED) is 0.765. The number of benzene rings is 1. The van der Waals surface area contributed by atoms with Gasteiger partial charge in [-0.05, 0) is 24.1 Å². The Kier molecular flexibility index (Phi) is 5.06. The molecule has 1 aliphatic rings. The molecule has 1 aliphatic heterocycles. The molecule has 138 valence electrons. The number of likely N-dealkylation sites (tertiary alicyclic amines) is 1. The Morgan fingerprint density at radius 2 is 2.00 bits per heavy atom. The van der Waals surface area contributed by atoms with Gasteiger partial charge in [-0.3, -0.25) is 4.79 Å². The average molecular weight is 357 g/mol. The fraction of sp³-hybridized carbons (Fsp3) is 0.474. The molecule has 0 radical (unpaired) electrons. The maximum atomic E-state index is 12.2. The molecule has 0 spiro atoms. The minimum absolute atomic E-state index is 0.0635. The van der Waals surface area contributed by atoms with Crippen molar-refractivity contribution in [2.75, 3.05) is 6.54 Å². The minimum Gasteiger partial charge on any atom is -0.452 e. The first-order chi connectivity index (χ1) is 12.3. The number of amides is 1. The van der Waals surface area contributed by atoms with Crippen LogP contribution in [-0.2, 0) is 28.1 Å². The molecule has 26 heavy (non-hydrogen) atoms. The van der Waals surface area contributed by atoms with E-state index in [9.17, 15) is 9.59 Å². The Morgan fingerprint density at radius 1 is 1.27 bits per heavy atom. The van der Waals surface area contributed by atoms with E-state index in [-0.39, 0.29) is 23.8 Å². The summed E-state index contributed by atoms with van der Waals surface area (Å²) >= 11 is 0. The lowest BCUT2D eigenvalue weighted by Gasteiger charge is -2.15. The predicted octanol–water partition coefficient (Wildman–Crippen LogP) is 2.85. The zero-order chi connectivity index (χ0) is 18.7. The van der Waals surface area contributed by atoms with Gasteiger partial charge in [-0.2, -0.15) is 4.98 Å². The maximum absolute atomic E-state index is 12.2. The van der Waals surface area contributed by atoms with Crippen molar-refractivity contribution in [1.82, 2.24) is 15.0 Å². The van der Waals surface area contributed by atoms with Gasteiger partial charge in [0.1, 0.15) is 0 Å². The Balaban J connectivity index is 1.54. The summed E-state index contributed by atoms with van der Waals surface area (Å²) in [5, 5.41) is 3.90. The standard InChI is InChI=1S/C19H23N3O4/c1-19(2,3)18-20-15(26-21-18)12-25-17(24)14-8-6-13(7-9-14)11-22-10-4-5-16(22)23/h6-9H,4-5,10-12H2,1-3H3. The average Bonchev–Trinajstić information content (AvgIpc) is 3.23. The van der Waals surface area contributed by atoms with Crippen LogP contribution < -0.4 is 0 Å². The fourth-order valence-electron chi connectivity index (χ4n) is 2.67. The molecule has 0 bridgehead atoms. The van der Waals surface area contributed by atoms with Gasteiger partial charge in [0.2, 0.25) is 5.91 Å². The zero-order valence-corrected chi connectivity index (χ0v) is 15.3. The molecular weight excluding hydrogens is 334 g/mol. The van der Waals surface area contributed by atoms with Crippen LogP contribution in [0.5, 0.6) is 0 Å². The van der Waals surface area contributed by atoms with E-state index in [0.717, 1.165) is 18.5 Å². The lowest BCUT2D eigenvalue weighted by atomic mass is 9.96. The van der Waals surface area contributed by atoms with Crippen molar-refractivity contribution >= 4 is 11.9 Å². The third kappa shape index (κ3) is 4.28. The molecule has 0 atom stereocenters. The summed E-state index contributed by atoms with van der Waals surface area (Å²) in [7, 11) is 0. The van der Waals surface area contributed by atoms with Crippen molar-refractivity contribution in [3.8, 4) is 0 Å². The molecule has 1 saturated heterocycles. The minimum atomic E-state index is -0.454.